The summed E-state index contributed by atoms with van der Waals surface area (Å²) in [6.45, 7) is 2.17. The first-order valence-corrected chi connectivity index (χ1v) is 5.03. The summed E-state index contributed by atoms with van der Waals surface area (Å²) in [5.74, 6) is 0.501. The molecule has 1 heteroatoms. The number of fused-ring (bicyclic) bond motifs is 1. The average Bonchev–Trinajstić information content (AvgIpc) is 2.47. The number of halogens is 1. The van der Waals surface area contributed by atoms with Crippen molar-refractivity contribution in [2.45, 2.75) is 17.7 Å². The highest BCUT2D eigenvalue weighted by Crippen LogP contribution is 2.33. The number of allylic oxidation sites excluding steroid dienone is 1. The maximum Gasteiger partial charge on any atom is 0.0221 e. The van der Waals surface area contributed by atoms with Crippen molar-refractivity contribution in [3.05, 3.63) is 47.5 Å². The Morgan fingerprint density at radius 2 is 2.17 bits per heavy atom. The third-order valence-electron chi connectivity index (χ3n) is 2.23. The molecule has 2 rings (SSSR count). The van der Waals surface area contributed by atoms with Crippen molar-refractivity contribution in [1.29, 1.82) is 0 Å². The molecule has 2 unspecified atom stereocenters. The molecule has 61 valence electrons. The maximum atomic E-state index is 3.60. The molecule has 0 aliphatic heterocycles. The largest absolute Gasteiger partial charge is 0.0884 e. The number of benzene rings is 1. The SMILES string of the molecule is CC(Br)C1C=[C]c2ccccc21. The minimum Gasteiger partial charge on any atom is -0.0884 e. The van der Waals surface area contributed by atoms with Crippen molar-refractivity contribution >= 4 is 15.9 Å². The van der Waals surface area contributed by atoms with Gasteiger partial charge in [0.25, 0.3) is 0 Å². The van der Waals surface area contributed by atoms with E-state index in [0.29, 0.717) is 10.7 Å². The van der Waals surface area contributed by atoms with Crippen molar-refractivity contribution < 1.29 is 0 Å². The molecule has 12 heavy (non-hydrogen) atoms. The first kappa shape index (κ1) is 8.06. The van der Waals surface area contributed by atoms with E-state index >= 15 is 0 Å². The lowest BCUT2D eigenvalue weighted by atomic mass is 9.99. The summed E-state index contributed by atoms with van der Waals surface area (Å²) in [5, 5.41) is 0. The van der Waals surface area contributed by atoms with Crippen LogP contribution in [0.4, 0.5) is 0 Å². The second kappa shape index (κ2) is 3.06. The zero-order valence-corrected chi connectivity index (χ0v) is 8.51. The number of hydrogen-bond acceptors (Lipinski definition) is 0. The maximum absolute atomic E-state index is 3.60. The molecule has 0 heterocycles. The van der Waals surface area contributed by atoms with Crippen molar-refractivity contribution in [2.24, 2.45) is 0 Å². The summed E-state index contributed by atoms with van der Waals surface area (Å²) in [4.78, 5) is 0.494. The lowest BCUT2D eigenvalue weighted by Gasteiger charge is -2.12. The van der Waals surface area contributed by atoms with Crippen LogP contribution in [0.5, 0.6) is 0 Å². The summed E-state index contributed by atoms with van der Waals surface area (Å²) in [6, 6.07) is 8.43. The van der Waals surface area contributed by atoms with Gasteiger partial charge in [-0.1, -0.05) is 53.2 Å². The van der Waals surface area contributed by atoms with Crippen LogP contribution in [0.15, 0.2) is 30.3 Å². The van der Waals surface area contributed by atoms with Crippen LogP contribution in [-0.2, 0) is 0 Å². The summed E-state index contributed by atoms with van der Waals surface area (Å²) in [7, 11) is 0. The van der Waals surface area contributed by atoms with Crippen LogP contribution in [0.1, 0.15) is 24.0 Å². The minimum absolute atomic E-state index is 0.494. The standard InChI is InChI=1S/C11H10Br/c1-8(12)10-7-6-9-4-2-3-5-11(9)10/h2-5,7-8,10H,1H3. The fraction of sp³-hybridized carbons (Fsp3) is 0.273. The lowest BCUT2D eigenvalue weighted by Crippen LogP contribution is -2.03. The Morgan fingerprint density at radius 1 is 1.42 bits per heavy atom. The molecule has 1 radical (unpaired) electrons. The Balaban J connectivity index is 2.42. The van der Waals surface area contributed by atoms with Crippen molar-refractivity contribution in [3.63, 3.8) is 0 Å². The molecular weight excluding hydrogens is 212 g/mol. The van der Waals surface area contributed by atoms with Crippen LogP contribution in [0.2, 0.25) is 0 Å². The van der Waals surface area contributed by atoms with Crippen LogP contribution in [0.25, 0.3) is 0 Å². The first-order valence-electron chi connectivity index (χ1n) is 4.12. The van der Waals surface area contributed by atoms with Crippen molar-refractivity contribution in [1.82, 2.24) is 0 Å². The molecule has 0 bridgehead atoms. The molecular formula is C11H10Br. The Labute approximate surface area is 81.4 Å². The number of alkyl halides is 1. The quantitative estimate of drug-likeness (QED) is 0.639. The third kappa shape index (κ3) is 1.22. The highest BCUT2D eigenvalue weighted by Gasteiger charge is 2.20. The summed E-state index contributed by atoms with van der Waals surface area (Å²) < 4.78 is 0. The highest BCUT2D eigenvalue weighted by molar-refractivity contribution is 9.09. The van der Waals surface area contributed by atoms with Gasteiger partial charge in [-0.05, 0) is 17.2 Å². The molecule has 0 saturated heterocycles. The predicted octanol–water partition coefficient (Wildman–Crippen LogP) is 3.27. The minimum atomic E-state index is 0.494. The van der Waals surface area contributed by atoms with E-state index in [2.05, 4.69) is 59.3 Å². The van der Waals surface area contributed by atoms with Crippen molar-refractivity contribution in [2.75, 3.05) is 0 Å². The number of hydrogen-bond donors (Lipinski definition) is 0. The van der Waals surface area contributed by atoms with Crippen LogP contribution >= 0.6 is 15.9 Å². The van der Waals surface area contributed by atoms with E-state index in [9.17, 15) is 0 Å². The van der Waals surface area contributed by atoms with Gasteiger partial charge in [0.2, 0.25) is 0 Å². The monoisotopic (exact) mass is 221 g/mol. The van der Waals surface area contributed by atoms with Gasteiger partial charge in [0.05, 0.1) is 0 Å². The molecule has 2 atom stereocenters. The van der Waals surface area contributed by atoms with Crippen LogP contribution < -0.4 is 0 Å². The van der Waals surface area contributed by atoms with E-state index in [1.54, 1.807) is 0 Å². The fourth-order valence-corrected chi connectivity index (χ4v) is 2.01. The van der Waals surface area contributed by atoms with E-state index < -0.39 is 0 Å². The van der Waals surface area contributed by atoms with Gasteiger partial charge >= 0.3 is 0 Å². The van der Waals surface area contributed by atoms with Gasteiger partial charge in [0.15, 0.2) is 0 Å². The summed E-state index contributed by atoms with van der Waals surface area (Å²) in [5.41, 5.74) is 2.63. The molecule has 0 aromatic heterocycles. The molecule has 1 aromatic rings. The van der Waals surface area contributed by atoms with E-state index in [-0.39, 0.29) is 0 Å². The van der Waals surface area contributed by atoms with E-state index in [1.165, 1.54) is 11.1 Å². The Morgan fingerprint density at radius 3 is 2.92 bits per heavy atom. The van der Waals surface area contributed by atoms with Crippen molar-refractivity contribution in [3.8, 4) is 0 Å². The van der Waals surface area contributed by atoms with E-state index in [4.69, 9.17) is 0 Å². The Bertz CT molecular complexity index is 313. The van der Waals surface area contributed by atoms with Gasteiger partial charge in [-0.3, -0.25) is 0 Å². The highest BCUT2D eigenvalue weighted by atomic mass is 79.9. The molecule has 1 aromatic carbocycles. The van der Waals surface area contributed by atoms with Gasteiger partial charge in [-0.15, -0.1) is 0 Å². The van der Waals surface area contributed by atoms with Crippen LogP contribution in [-0.4, -0.2) is 4.83 Å². The molecule has 0 amide bonds. The molecule has 0 N–H and O–H groups in total. The lowest BCUT2D eigenvalue weighted by molar-refractivity contribution is 0.850. The van der Waals surface area contributed by atoms with E-state index in [1.807, 2.05) is 0 Å². The predicted molar refractivity (Wildman–Crippen MR) is 54.5 cm³/mol. The third-order valence-corrected chi connectivity index (χ3v) is 2.80. The smallest absolute Gasteiger partial charge is 0.0221 e. The summed E-state index contributed by atoms with van der Waals surface area (Å²) in [6.07, 6.45) is 5.42. The molecule has 0 spiro atoms. The second-order valence-corrected chi connectivity index (χ2v) is 4.55. The van der Waals surface area contributed by atoms with Gasteiger partial charge in [-0.25, -0.2) is 0 Å². The Kier molecular flexibility index (Phi) is 2.05. The second-order valence-electron chi connectivity index (χ2n) is 3.10. The summed E-state index contributed by atoms with van der Waals surface area (Å²) >= 11 is 3.60. The first-order chi connectivity index (χ1) is 5.79. The van der Waals surface area contributed by atoms with Gasteiger partial charge in [0, 0.05) is 10.7 Å². The average molecular weight is 222 g/mol. The number of rotatable bonds is 1. The Hall–Kier alpha value is -0.560. The zero-order valence-electron chi connectivity index (χ0n) is 6.92. The van der Waals surface area contributed by atoms with Gasteiger partial charge in [0.1, 0.15) is 0 Å². The van der Waals surface area contributed by atoms with Gasteiger partial charge < -0.3 is 0 Å². The van der Waals surface area contributed by atoms with Crippen LogP contribution in [0.3, 0.4) is 0 Å². The van der Waals surface area contributed by atoms with Crippen LogP contribution in [0, 0.1) is 6.08 Å². The molecule has 0 nitrogen and oxygen atoms in total. The van der Waals surface area contributed by atoms with Gasteiger partial charge in [-0.2, -0.15) is 0 Å². The normalized spacial score (nSPS) is 22.3. The van der Waals surface area contributed by atoms with E-state index in [0.717, 1.165) is 0 Å². The molecule has 1 aliphatic rings. The topological polar surface area (TPSA) is 0 Å². The fourth-order valence-electron chi connectivity index (χ4n) is 1.57. The molecule has 0 fully saturated rings. The molecule has 0 saturated carbocycles. The zero-order chi connectivity index (χ0) is 8.55. The molecule has 1 aliphatic carbocycles.